The van der Waals surface area contributed by atoms with E-state index in [1.165, 1.54) is 28.9 Å². The molecule has 0 aromatic heterocycles. The number of amides is 3. The first kappa shape index (κ1) is 49.0. The number of benzene rings is 2. The van der Waals surface area contributed by atoms with Gasteiger partial charge >= 0.3 is 47.5 Å². The molecule has 0 saturated carbocycles. The third-order valence-corrected chi connectivity index (χ3v) is 8.01. The van der Waals surface area contributed by atoms with Gasteiger partial charge in [-0.3, -0.25) is 14.6 Å². The summed E-state index contributed by atoms with van der Waals surface area (Å²) in [4.78, 5) is 41.3. The number of carbonyl (C=O) groups is 3. The number of nitrogens with two attached hydrogens (primary N) is 1. The van der Waals surface area contributed by atoms with Crippen LogP contribution in [0.4, 0.5) is 67.5 Å². The minimum absolute atomic E-state index is 0.189. The molecule has 0 aliphatic carbocycles. The van der Waals surface area contributed by atoms with Crippen LogP contribution in [0.15, 0.2) is 36.4 Å². The van der Waals surface area contributed by atoms with Crippen molar-refractivity contribution in [3.63, 3.8) is 0 Å². The topological polar surface area (TPSA) is 188 Å². The summed E-state index contributed by atoms with van der Waals surface area (Å²) in [5.74, 6) is -0.920. The van der Waals surface area contributed by atoms with Gasteiger partial charge in [0.25, 0.3) is 0 Å². The Bertz CT molecular complexity index is 1670. The molecule has 24 heteroatoms. The van der Waals surface area contributed by atoms with Crippen LogP contribution in [0.3, 0.4) is 0 Å². The van der Waals surface area contributed by atoms with Crippen LogP contribution in [0.1, 0.15) is 6.92 Å². The fourth-order valence-electron chi connectivity index (χ4n) is 5.53. The summed E-state index contributed by atoms with van der Waals surface area (Å²) in [7, 11) is 0. The van der Waals surface area contributed by atoms with Crippen molar-refractivity contribution in [1.82, 2.24) is 5.32 Å². The number of morpholine rings is 2. The normalized spacial score (nSPS) is 19.1. The molecule has 4 heterocycles. The quantitative estimate of drug-likeness (QED) is 0.233. The van der Waals surface area contributed by atoms with Gasteiger partial charge in [0.2, 0.25) is 5.91 Å². The van der Waals surface area contributed by atoms with E-state index in [0.29, 0.717) is 81.9 Å². The summed E-state index contributed by atoms with van der Waals surface area (Å²) < 4.78 is 130. The number of cyclic esters (lactones) is 2. The molecule has 0 spiro atoms. The standard InChI is InChI=1S/C16H20FN3O4.C14H18FN3O3.C2F6O.2CO/c1-11(21)18-9-13-10-20(16(22)24-13)12-2-3-15(14(17)8-12)19-4-6-23-7-5-19;15-12-7-10(18-9-11(8-16)21-14(18)19)1-2-13(12)17-3-5-20-6-4-17;3-1(4,5)9-2(6,7)8;2*1-2/h2-3,8,13H,4-7,9-10H2,1H3,(H,18,21);1-2,7,11H,3-6,8-9,16H2;;;/t13-;11-;;;/m00.../s1. The van der Waals surface area contributed by atoms with Crippen LogP contribution in [0.2, 0.25) is 0 Å². The average Bonchev–Trinajstić information content (AvgIpc) is 3.76. The summed E-state index contributed by atoms with van der Waals surface area (Å²) in [5.41, 5.74) is 7.46. The summed E-state index contributed by atoms with van der Waals surface area (Å²) in [6.07, 6.45) is -13.1. The van der Waals surface area contributed by atoms with E-state index in [1.807, 2.05) is 9.80 Å². The van der Waals surface area contributed by atoms with Gasteiger partial charge in [0, 0.05) is 39.6 Å². The summed E-state index contributed by atoms with van der Waals surface area (Å²) in [6, 6.07) is 9.51. The zero-order valence-corrected chi connectivity index (χ0v) is 30.6. The maximum absolute atomic E-state index is 14.4. The number of halogens is 8. The molecule has 58 heavy (non-hydrogen) atoms. The van der Waals surface area contributed by atoms with Gasteiger partial charge in [-0.25, -0.2) is 18.4 Å². The Morgan fingerprint density at radius 1 is 0.759 bits per heavy atom. The second-order valence-corrected chi connectivity index (χ2v) is 11.9. The van der Waals surface area contributed by atoms with Crippen molar-refractivity contribution in [3.8, 4) is 0 Å². The van der Waals surface area contributed by atoms with Crippen molar-refractivity contribution in [2.75, 3.05) is 98.4 Å². The Labute approximate surface area is 326 Å². The number of nitrogens with one attached hydrogen (secondary N) is 1. The molecule has 0 unspecified atom stereocenters. The van der Waals surface area contributed by atoms with Crippen LogP contribution < -0.4 is 30.7 Å². The number of rotatable bonds is 7. The predicted octanol–water partition coefficient (Wildman–Crippen LogP) is 4.04. The third-order valence-electron chi connectivity index (χ3n) is 8.01. The number of alkyl halides is 6. The van der Waals surface area contributed by atoms with Gasteiger partial charge in [0.1, 0.15) is 23.8 Å². The van der Waals surface area contributed by atoms with E-state index >= 15 is 0 Å². The van der Waals surface area contributed by atoms with Crippen LogP contribution in [0.25, 0.3) is 0 Å². The van der Waals surface area contributed by atoms with Gasteiger partial charge in [0.05, 0.1) is 68.8 Å². The van der Waals surface area contributed by atoms with Crippen LogP contribution in [-0.4, -0.2) is 122 Å². The van der Waals surface area contributed by atoms with E-state index in [1.54, 1.807) is 29.0 Å². The Morgan fingerprint density at radius 3 is 1.45 bits per heavy atom. The number of ether oxygens (including phenoxy) is 5. The zero-order chi connectivity index (χ0) is 43.6. The molecule has 2 aromatic carbocycles. The number of hydrogen-bond donors (Lipinski definition) is 2. The van der Waals surface area contributed by atoms with Gasteiger partial charge in [-0.15, -0.1) is 26.3 Å². The molecule has 4 aliphatic heterocycles. The van der Waals surface area contributed by atoms with Crippen LogP contribution in [0.5, 0.6) is 0 Å². The fourth-order valence-corrected chi connectivity index (χ4v) is 5.53. The van der Waals surface area contributed by atoms with Gasteiger partial charge < -0.3 is 39.8 Å². The molecule has 16 nitrogen and oxygen atoms in total. The maximum atomic E-state index is 14.4. The Kier molecular flexibility index (Phi) is 19.6. The Hall–Kier alpha value is -5.19. The Balaban J connectivity index is 0.000000312. The predicted molar refractivity (Wildman–Crippen MR) is 183 cm³/mol. The van der Waals surface area contributed by atoms with E-state index in [4.69, 9.17) is 34.0 Å². The van der Waals surface area contributed by atoms with Gasteiger partial charge in [0.15, 0.2) is 0 Å². The molecule has 4 fully saturated rings. The first-order valence-corrected chi connectivity index (χ1v) is 16.8. The van der Waals surface area contributed by atoms with Crippen molar-refractivity contribution in [2.24, 2.45) is 5.73 Å². The average molecular weight is 843 g/mol. The van der Waals surface area contributed by atoms with Crippen LogP contribution in [-0.2, 0) is 37.8 Å². The number of carbonyl (C=O) groups excluding carboxylic acids is 3. The summed E-state index contributed by atoms with van der Waals surface area (Å²) in [5, 5.41) is 2.61. The molecule has 4 saturated heterocycles. The molecule has 2 atom stereocenters. The van der Waals surface area contributed by atoms with E-state index < -0.39 is 31.0 Å². The first-order chi connectivity index (χ1) is 27.4. The van der Waals surface area contributed by atoms with Gasteiger partial charge in [-0.2, -0.15) is 4.74 Å². The number of anilines is 4. The second kappa shape index (κ2) is 23.3. The van der Waals surface area contributed by atoms with E-state index in [-0.39, 0.29) is 43.3 Å². The fraction of sp³-hybridized carbons (Fsp3) is 0.500. The molecule has 4 aliphatic rings. The second-order valence-electron chi connectivity index (χ2n) is 11.9. The van der Waals surface area contributed by atoms with Crippen molar-refractivity contribution in [2.45, 2.75) is 31.9 Å². The molecular formula is C34H38F8N6O10. The van der Waals surface area contributed by atoms with Gasteiger partial charge in [-0.1, -0.05) is 0 Å². The number of hydrogen-bond acceptors (Lipinski definition) is 11. The molecule has 0 bridgehead atoms. The zero-order valence-electron chi connectivity index (χ0n) is 30.6. The monoisotopic (exact) mass is 842 g/mol. The number of nitrogens with zero attached hydrogens (tertiary/aromatic N) is 4. The molecule has 2 aromatic rings. The van der Waals surface area contributed by atoms with Gasteiger partial charge in [-0.05, 0) is 36.4 Å². The van der Waals surface area contributed by atoms with E-state index in [2.05, 4.69) is 18.6 Å². The van der Waals surface area contributed by atoms with E-state index in [9.17, 15) is 49.5 Å². The third kappa shape index (κ3) is 15.6. The summed E-state index contributed by atoms with van der Waals surface area (Å²) in [6.45, 7) is 16.5. The summed E-state index contributed by atoms with van der Waals surface area (Å²) >= 11 is 0. The van der Waals surface area contributed by atoms with Crippen molar-refractivity contribution < 1.29 is 82.5 Å². The molecule has 3 amide bonds. The molecular weight excluding hydrogens is 804 g/mol. The van der Waals surface area contributed by atoms with Crippen LogP contribution in [0, 0.1) is 24.9 Å². The van der Waals surface area contributed by atoms with Crippen molar-refractivity contribution >= 4 is 40.8 Å². The molecule has 3 N–H and O–H groups in total. The molecule has 6 rings (SSSR count). The van der Waals surface area contributed by atoms with Crippen molar-refractivity contribution in [1.29, 1.82) is 0 Å². The molecule has 320 valence electrons. The van der Waals surface area contributed by atoms with Crippen molar-refractivity contribution in [3.05, 3.63) is 61.3 Å². The minimum atomic E-state index is -5.64. The molecule has 0 radical (unpaired) electrons. The Morgan fingerprint density at radius 2 is 1.14 bits per heavy atom. The van der Waals surface area contributed by atoms with Crippen LogP contribution >= 0.6 is 0 Å². The van der Waals surface area contributed by atoms with E-state index in [0.717, 1.165) is 0 Å². The first-order valence-electron chi connectivity index (χ1n) is 16.8. The SMILES string of the molecule is CC(=O)NC[C@H]1CN(c2ccc(N3CCOCC3)c(F)c2)C(=O)O1.FC(F)(F)OC(F)(F)F.NC[C@H]1CN(c2ccc(N3CCOCC3)c(F)c2)C(=O)O1.[C-]#[O+].[C-]#[O+].